The van der Waals surface area contributed by atoms with Crippen molar-refractivity contribution in [1.29, 1.82) is 0 Å². The van der Waals surface area contributed by atoms with Crippen LogP contribution >= 0.6 is 12.6 Å². The standard InChI is InChI=1S/C5H7NO4S/c7-1-4(8)6-3(2-11)5(9)10/h1,3,11H,2H2,(H,6,8)(H,9,10)/t3-/m0/s1. The molecule has 0 unspecified atom stereocenters. The molecule has 0 rings (SSSR count). The van der Waals surface area contributed by atoms with Gasteiger partial charge in [-0.05, 0) is 0 Å². The third kappa shape index (κ3) is 3.61. The van der Waals surface area contributed by atoms with Gasteiger partial charge < -0.3 is 10.4 Å². The Bertz CT molecular complexity index is 181. The van der Waals surface area contributed by atoms with Crippen molar-refractivity contribution in [3.05, 3.63) is 0 Å². The van der Waals surface area contributed by atoms with Crippen molar-refractivity contribution < 1.29 is 19.5 Å². The molecular weight excluding hydrogens is 170 g/mol. The fourth-order valence-electron chi connectivity index (χ4n) is 0.391. The molecule has 1 atom stereocenters. The Balaban J connectivity index is 3.97. The number of rotatable bonds is 4. The van der Waals surface area contributed by atoms with Gasteiger partial charge in [-0.2, -0.15) is 12.6 Å². The molecule has 1 amide bonds. The molecule has 62 valence electrons. The van der Waals surface area contributed by atoms with Gasteiger partial charge in [0, 0.05) is 5.75 Å². The van der Waals surface area contributed by atoms with Crippen LogP contribution in [0.3, 0.4) is 0 Å². The van der Waals surface area contributed by atoms with E-state index in [4.69, 9.17) is 5.11 Å². The predicted molar refractivity (Wildman–Crippen MR) is 39.5 cm³/mol. The molecule has 0 spiro atoms. The SMILES string of the molecule is O=CC(=O)N[C@@H](CS)C(=O)O. The third-order valence-electron chi connectivity index (χ3n) is 0.904. The summed E-state index contributed by atoms with van der Waals surface area (Å²) in [7, 11) is 0. The number of carboxylic acid groups (broad SMARTS) is 1. The summed E-state index contributed by atoms with van der Waals surface area (Å²) in [6, 6.07) is -1.10. The van der Waals surface area contributed by atoms with E-state index in [0.717, 1.165) is 0 Å². The van der Waals surface area contributed by atoms with Crippen LogP contribution in [0.2, 0.25) is 0 Å². The number of carbonyl (C=O) groups excluding carboxylic acids is 2. The minimum Gasteiger partial charge on any atom is -0.480 e. The van der Waals surface area contributed by atoms with Crippen molar-refractivity contribution in [1.82, 2.24) is 5.32 Å². The van der Waals surface area contributed by atoms with Gasteiger partial charge in [0.15, 0.2) is 0 Å². The predicted octanol–water partition coefficient (Wildman–Crippen LogP) is -1.32. The number of nitrogens with one attached hydrogen (secondary N) is 1. The molecule has 0 aliphatic rings. The van der Waals surface area contributed by atoms with Crippen LogP contribution in [-0.4, -0.2) is 35.1 Å². The van der Waals surface area contributed by atoms with Gasteiger partial charge in [-0.15, -0.1) is 0 Å². The van der Waals surface area contributed by atoms with Crippen LogP contribution < -0.4 is 5.32 Å². The smallest absolute Gasteiger partial charge is 0.327 e. The van der Waals surface area contributed by atoms with Crippen molar-refractivity contribution in [3.8, 4) is 0 Å². The highest BCUT2D eigenvalue weighted by Crippen LogP contribution is 1.86. The molecule has 11 heavy (non-hydrogen) atoms. The number of aldehydes is 1. The first kappa shape index (κ1) is 9.96. The number of hydrogen-bond acceptors (Lipinski definition) is 4. The van der Waals surface area contributed by atoms with Crippen LogP contribution in [-0.2, 0) is 14.4 Å². The van der Waals surface area contributed by atoms with Crippen molar-refractivity contribution in [2.75, 3.05) is 5.75 Å². The van der Waals surface area contributed by atoms with E-state index in [0.29, 0.717) is 0 Å². The van der Waals surface area contributed by atoms with Crippen LogP contribution in [0.25, 0.3) is 0 Å². The minimum atomic E-state index is -1.21. The van der Waals surface area contributed by atoms with Crippen LogP contribution in [0, 0.1) is 0 Å². The van der Waals surface area contributed by atoms with E-state index >= 15 is 0 Å². The molecule has 2 N–H and O–H groups in total. The largest absolute Gasteiger partial charge is 0.480 e. The lowest BCUT2D eigenvalue weighted by molar-refractivity contribution is -0.141. The van der Waals surface area contributed by atoms with E-state index in [2.05, 4.69) is 12.6 Å². The maximum absolute atomic E-state index is 10.3. The van der Waals surface area contributed by atoms with Gasteiger partial charge in [0.2, 0.25) is 6.29 Å². The minimum absolute atomic E-state index is 0.0133. The number of carboxylic acids is 1. The van der Waals surface area contributed by atoms with Gasteiger partial charge in [-0.3, -0.25) is 9.59 Å². The molecule has 0 aliphatic heterocycles. The lowest BCUT2D eigenvalue weighted by Crippen LogP contribution is -2.42. The fourth-order valence-corrected chi connectivity index (χ4v) is 0.639. The topological polar surface area (TPSA) is 83.5 Å². The first-order valence-electron chi connectivity index (χ1n) is 2.71. The number of aliphatic carboxylic acids is 1. The van der Waals surface area contributed by atoms with Gasteiger partial charge >= 0.3 is 5.97 Å². The van der Waals surface area contributed by atoms with Crippen molar-refractivity contribution in [2.24, 2.45) is 0 Å². The highest BCUT2D eigenvalue weighted by Gasteiger charge is 2.16. The summed E-state index contributed by atoms with van der Waals surface area (Å²) >= 11 is 3.66. The monoisotopic (exact) mass is 177 g/mol. The molecule has 0 bridgehead atoms. The average Bonchev–Trinajstić information content (AvgIpc) is 1.99. The quantitative estimate of drug-likeness (QED) is 0.282. The summed E-state index contributed by atoms with van der Waals surface area (Å²) < 4.78 is 0. The van der Waals surface area contributed by atoms with E-state index in [1.165, 1.54) is 0 Å². The lowest BCUT2D eigenvalue weighted by atomic mass is 10.3. The summed E-state index contributed by atoms with van der Waals surface area (Å²) in [5.74, 6) is -2.21. The zero-order valence-corrected chi connectivity index (χ0v) is 6.38. The van der Waals surface area contributed by atoms with E-state index in [1.807, 2.05) is 5.32 Å². The van der Waals surface area contributed by atoms with Crippen molar-refractivity contribution >= 4 is 30.8 Å². The molecule has 0 heterocycles. The summed E-state index contributed by atoms with van der Waals surface area (Å²) in [4.78, 5) is 30.3. The molecule has 0 aromatic carbocycles. The Hall–Kier alpha value is -1.04. The second kappa shape index (κ2) is 4.73. The second-order valence-electron chi connectivity index (χ2n) is 1.70. The number of hydrogen-bond donors (Lipinski definition) is 3. The number of amides is 1. The Kier molecular flexibility index (Phi) is 4.28. The summed E-state index contributed by atoms with van der Waals surface area (Å²) in [5.41, 5.74) is 0. The second-order valence-corrected chi connectivity index (χ2v) is 2.06. The molecule has 0 radical (unpaired) electrons. The Morgan fingerprint density at radius 2 is 2.18 bits per heavy atom. The Labute approximate surface area is 68.2 Å². The van der Waals surface area contributed by atoms with E-state index < -0.39 is 17.9 Å². The van der Waals surface area contributed by atoms with Gasteiger partial charge in [0.1, 0.15) is 6.04 Å². The normalized spacial score (nSPS) is 11.7. The summed E-state index contributed by atoms with van der Waals surface area (Å²) in [6.07, 6.45) is 0.0133. The molecule has 0 aliphatic carbocycles. The molecular formula is C5H7NO4S. The molecule has 0 saturated heterocycles. The number of carbonyl (C=O) groups is 3. The third-order valence-corrected chi connectivity index (χ3v) is 1.27. The maximum Gasteiger partial charge on any atom is 0.327 e. The molecule has 5 nitrogen and oxygen atoms in total. The van der Waals surface area contributed by atoms with Gasteiger partial charge in [0.05, 0.1) is 0 Å². The van der Waals surface area contributed by atoms with Crippen LogP contribution in [0.1, 0.15) is 0 Å². The van der Waals surface area contributed by atoms with Crippen LogP contribution in [0.15, 0.2) is 0 Å². The summed E-state index contributed by atoms with van der Waals surface area (Å²) in [6.45, 7) is 0. The molecule has 0 aromatic rings. The Morgan fingerprint density at radius 3 is 2.45 bits per heavy atom. The molecule has 6 heteroatoms. The van der Waals surface area contributed by atoms with Gasteiger partial charge in [0.25, 0.3) is 5.91 Å². The highest BCUT2D eigenvalue weighted by atomic mass is 32.1. The van der Waals surface area contributed by atoms with Gasteiger partial charge in [-0.1, -0.05) is 0 Å². The van der Waals surface area contributed by atoms with E-state index in [1.54, 1.807) is 0 Å². The van der Waals surface area contributed by atoms with E-state index in [9.17, 15) is 14.4 Å². The average molecular weight is 177 g/mol. The maximum atomic E-state index is 10.3. The molecule has 0 aromatic heterocycles. The fraction of sp³-hybridized carbons (Fsp3) is 0.400. The zero-order valence-electron chi connectivity index (χ0n) is 5.48. The van der Waals surface area contributed by atoms with Crippen LogP contribution in [0.5, 0.6) is 0 Å². The zero-order chi connectivity index (χ0) is 8.85. The molecule has 0 saturated carbocycles. The van der Waals surface area contributed by atoms with Crippen molar-refractivity contribution in [3.63, 3.8) is 0 Å². The molecule has 0 fully saturated rings. The lowest BCUT2D eigenvalue weighted by Gasteiger charge is -2.07. The first-order valence-corrected chi connectivity index (χ1v) is 3.34. The van der Waals surface area contributed by atoms with Crippen molar-refractivity contribution in [2.45, 2.75) is 6.04 Å². The number of thiol groups is 1. The highest BCUT2D eigenvalue weighted by molar-refractivity contribution is 7.80. The summed E-state index contributed by atoms with van der Waals surface area (Å²) in [5, 5.41) is 10.3. The van der Waals surface area contributed by atoms with Gasteiger partial charge in [-0.25, -0.2) is 4.79 Å². The van der Waals surface area contributed by atoms with Crippen LogP contribution in [0.4, 0.5) is 0 Å². The van der Waals surface area contributed by atoms with E-state index in [-0.39, 0.29) is 12.0 Å². The Morgan fingerprint density at radius 1 is 1.64 bits per heavy atom. The first-order chi connectivity index (χ1) is 5.11.